The molecule has 0 unspecified atom stereocenters. The first-order valence-corrected chi connectivity index (χ1v) is 6.32. The highest BCUT2D eigenvalue weighted by atomic mass is 32.1. The Kier molecular flexibility index (Phi) is 5.31. The van der Waals surface area contributed by atoms with Crippen LogP contribution >= 0.6 is 12.2 Å². The van der Waals surface area contributed by atoms with E-state index in [1.54, 1.807) is 20.8 Å². The molecular weight excluding hydrogens is 300 g/mol. The minimum absolute atomic E-state index is 0.141. The molecule has 21 heavy (non-hydrogen) atoms. The maximum absolute atomic E-state index is 13.8. The Labute approximate surface area is 126 Å². The molecule has 0 amide bonds. The smallest absolute Gasteiger partial charge is 0.338 e. The molecule has 0 aliphatic carbocycles. The number of nitrogens with one attached hydrogen (secondary N) is 1. The zero-order valence-corrected chi connectivity index (χ0v) is 12.6. The normalized spacial score (nSPS) is 11.5. The van der Waals surface area contributed by atoms with Gasteiger partial charge >= 0.3 is 5.97 Å². The van der Waals surface area contributed by atoms with Crippen molar-refractivity contribution in [2.45, 2.75) is 26.4 Å². The third-order valence-electron chi connectivity index (χ3n) is 2.08. The fraction of sp³-hybridized carbons (Fsp3) is 0.308. The molecule has 3 N–H and O–H groups in total. The Balaban J connectivity index is 3.02. The number of carbonyl (C=O) groups excluding carboxylic acids is 1. The number of nitrogens with two attached hydrogens (primary N) is 1. The van der Waals surface area contributed by atoms with Crippen LogP contribution in [0.1, 0.15) is 36.7 Å². The Morgan fingerprint density at radius 1 is 1.38 bits per heavy atom. The standard InChI is InChI=1S/C13H15F2N3O2S/c1-13(2,3)20-11(19)7-4-9(14)8(10(15)5-7)6-17-18-12(16)21/h4-6H,1-3H3,(H3,16,18,21). The van der Waals surface area contributed by atoms with Crippen LogP contribution in [0.5, 0.6) is 0 Å². The van der Waals surface area contributed by atoms with Crippen LogP contribution in [0.3, 0.4) is 0 Å². The van der Waals surface area contributed by atoms with E-state index >= 15 is 0 Å². The average molecular weight is 315 g/mol. The van der Waals surface area contributed by atoms with Gasteiger partial charge in [-0.05, 0) is 45.1 Å². The van der Waals surface area contributed by atoms with Crippen LogP contribution in [0, 0.1) is 11.6 Å². The minimum Gasteiger partial charge on any atom is -0.456 e. The molecule has 1 aromatic rings. The lowest BCUT2D eigenvalue weighted by Crippen LogP contribution is -2.24. The lowest BCUT2D eigenvalue weighted by Gasteiger charge is -2.19. The SMILES string of the molecule is CC(C)(C)OC(=O)c1cc(F)c(C=NNC(N)=S)c(F)c1. The van der Waals surface area contributed by atoms with Crippen LogP contribution in [0.2, 0.25) is 0 Å². The maximum atomic E-state index is 13.8. The summed E-state index contributed by atoms with van der Waals surface area (Å²) in [5, 5.41) is 3.32. The predicted molar refractivity (Wildman–Crippen MR) is 79.0 cm³/mol. The molecule has 0 saturated carbocycles. The van der Waals surface area contributed by atoms with Crippen LogP contribution in [-0.4, -0.2) is 22.9 Å². The summed E-state index contributed by atoms with van der Waals surface area (Å²) in [5.74, 6) is -2.72. The van der Waals surface area contributed by atoms with E-state index in [-0.39, 0.29) is 10.7 Å². The molecule has 114 valence electrons. The van der Waals surface area contributed by atoms with Crippen molar-refractivity contribution < 1.29 is 18.3 Å². The number of hydrogen-bond acceptors (Lipinski definition) is 4. The lowest BCUT2D eigenvalue weighted by molar-refractivity contribution is 0.00684. The van der Waals surface area contributed by atoms with E-state index in [0.717, 1.165) is 18.3 Å². The highest BCUT2D eigenvalue weighted by Gasteiger charge is 2.20. The van der Waals surface area contributed by atoms with Crippen molar-refractivity contribution in [1.82, 2.24) is 5.43 Å². The van der Waals surface area contributed by atoms with Crippen molar-refractivity contribution in [2.75, 3.05) is 0 Å². The Morgan fingerprint density at radius 2 is 1.90 bits per heavy atom. The first-order valence-electron chi connectivity index (χ1n) is 5.91. The van der Waals surface area contributed by atoms with Crippen molar-refractivity contribution in [3.05, 3.63) is 34.9 Å². The van der Waals surface area contributed by atoms with Crippen molar-refractivity contribution in [3.8, 4) is 0 Å². The van der Waals surface area contributed by atoms with Crippen molar-refractivity contribution >= 4 is 29.5 Å². The maximum Gasteiger partial charge on any atom is 0.338 e. The Hall–Kier alpha value is -2.09. The van der Waals surface area contributed by atoms with Gasteiger partial charge in [0.1, 0.15) is 17.2 Å². The van der Waals surface area contributed by atoms with Crippen LogP contribution < -0.4 is 11.2 Å². The van der Waals surface area contributed by atoms with Crippen molar-refractivity contribution in [1.29, 1.82) is 0 Å². The van der Waals surface area contributed by atoms with E-state index in [1.165, 1.54) is 0 Å². The summed E-state index contributed by atoms with van der Waals surface area (Å²) >= 11 is 4.49. The first kappa shape index (κ1) is 17.0. The molecular formula is C13H15F2N3O2S. The molecule has 0 aliphatic rings. The van der Waals surface area contributed by atoms with Crippen LogP contribution in [-0.2, 0) is 4.74 Å². The van der Waals surface area contributed by atoms with Crippen LogP contribution in [0.15, 0.2) is 17.2 Å². The summed E-state index contributed by atoms with van der Waals surface area (Å²) in [6.07, 6.45) is 0.878. The quantitative estimate of drug-likeness (QED) is 0.386. The summed E-state index contributed by atoms with van der Waals surface area (Å²) in [4.78, 5) is 11.7. The second-order valence-electron chi connectivity index (χ2n) is 5.09. The number of nitrogens with zero attached hydrogens (tertiary/aromatic N) is 1. The van der Waals surface area contributed by atoms with Crippen LogP contribution in [0.4, 0.5) is 8.78 Å². The summed E-state index contributed by atoms with van der Waals surface area (Å²) in [5.41, 5.74) is 5.88. The van der Waals surface area contributed by atoms with E-state index in [1.807, 2.05) is 0 Å². The first-order chi connectivity index (χ1) is 9.60. The van der Waals surface area contributed by atoms with Gasteiger partial charge in [-0.15, -0.1) is 0 Å². The molecule has 0 saturated heterocycles. The molecule has 0 bridgehead atoms. The van der Waals surface area contributed by atoms with Gasteiger partial charge in [-0.3, -0.25) is 5.43 Å². The van der Waals surface area contributed by atoms with E-state index in [0.29, 0.717) is 0 Å². The summed E-state index contributed by atoms with van der Waals surface area (Å²) in [7, 11) is 0. The number of rotatable bonds is 3. The fourth-order valence-corrected chi connectivity index (χ4v) is 1.38. The fourth-order valence-electron chi connectivity index (χ4n) is 1.32. The highest BCUT2D eigenvalue weighted by molar-refractivity contribution is 7.80. The molecule has 5 nitrogen and oxygen atoms in total. The van der Waals surface area contributed by atoms with Gasteiger partial charge in [0.25, 0.3) is 0 Å². The van der Waals surface area contributed by atoms with Crippen LogP contribution in [0.25, 0.3) is 0 Å². The third-order valence-corrected chi connectivity index (χ3v) is 2.17. The van der Waals surface area contributed by atoms with Gasteiger partial charge in [-0.2, -0.15) is 5.10 Å². The number of hydrogen-bond donors (Lipinski definition) is 2. The van der Waals surface area contributed by atoms with Crippen molar-refractivity contribution in [2.24, 2.45) is 10.8 Å². The molecule has 0 atom stereocenters. The Morgan fingerprint density at radius 3 is 2.33 bits per heavy atom. The molecule has 0 fully saturated rings. The summed E-state index contributed by atoms with van der Waals surface area (Å²) in [6, 6.07) is 1.75. The molecule has 0 aliphatic heterocycles. The Bertz CT molecular complexity index is 575. The summed E-state index contributed by atoms with van der Waals surface area (Å²) < 4.78 is 32.6. The minimum atomic E-state index is -0.954. The van der Waals surface area contributed by atoms with E-state index < -0.39 is 28.8 Å². The van der Waals surface area contributed by atoms with Gasteiger partial charge in [-0.1, -0.05) is 0 Å². The summed E-state index contributed by atoms with van der Waals surface area (Å²) in [6.45, 7) is 4.96. The van der Waals surface area contributed by atoms with E-state index in [9.17, 15) is 13.6 Å². The molecule has 0 radical (unpaired) electrons. The molecule has 8 heteroatoms. The second kappa shape index (κ2) is 6.57. The third kappa shape index (κ3) is 5.42. The number of benzene rings is 1. The average Bonchev–Trinajstić information content (AvgIpc) is 2.29. The zero-order valence-electron chi connectivity index (χ0n) is 11.7. The van der Waals surface area contributed by atoms with E-state index in [2.05, 4.69) is 22.7 Å². The number of carbonyl (C=O) groups is 1. The predicted octanol–water partition coefficient (Wildman–Crippen LogP) is 2.09. The van der Waals surface area contributed by atoms with Crippen molar-refractivity contribution in [3.63, 3.8) is 0 Å². The van der Waals surface area contributed by atoms with Gasteiger partial charge < -0.3 is 10.5 Å². The molecule has 1 aromatic carbocycles. The number of hydrazone groups is 1. The van der Waals surface area contributed by atoms with Gasteiger partial charge in [0, 0.05) is 0 Å². The van der Waals surface area contributed by atoms with Gasteiger partial charge in [0.2, 0.25) is 0 Å². The second-order valence-corrected chi connectivity index (χ2v) is 5.53. The molecule has 0 spiro atoms. The van der Waals surface area contributed by atoms with Gasteiger partial charge in [0.15, 0.2) is 5.11 Å². The van der Waals surface area contributed by atoms with E-state index in [4.69, 9.17) is 10.5 Å². The largest absolute Gasteiger partial charge is 0.456 e. The lowest BCUT2D eigenvalue weighted by atomic mass is 10.1. The number of esters is 1. The zero-order chi connectivity index (χ0) is 16.2. The molecule has 1 rings (SSSR count). The number of ether oxygens (including phenoxy) is 1. The van der Waals surface area contributed by atoms with Gasteiger partial charge in [0.05, 0.1) is 17.3 Å². The molecule has 0 aromatic heterocycles. The highest BCUT2D eigenvalue weighted by Crippen LogP contribution is 2.17. The topological polar surface area (TPSA) is 76.7 Å². The monoisotopic (exact) mass is 315 g/mol. The number of thiocarbonyl (C=S) groups is 1. The molecule has 0 heterocycles. The van der Waals surface area contributed by atoms with Gasteiger partial charge in [-0.25, -0.2) is 13.6 Å². The number of halogens is 2.